The Morgan fingerprint density at radius 1 is 1.24 bits per heavy atom. The maximum absolute atomic E-state index is 5.71. The molecule has 118 valence electrons. The van der Waals surface area contributed by atoms with Gasteiger partial charge in [-0.3, -0.25) is 0 Å². The van der Waals surface area contributed by atoms with Crippen molar-refractivity contribution in [1.82, 2.24) is 5.32 Å². The third-order valence-corrected chi connectivity index (χ3v) is 5.33. The second-order valence-electron chi connectivity index (χ2n) is 7.30. The Kier molecular flexibility index (Phi) is 4.98. The van der Waals surface area contributed by atoms with Crippen molar-refractivity contribution in [3.63, 3.8) is 0 Å². The lowest BCUT2D eigenvalue weighted by Gasteiger charge is -2.44. The van der Waals surface area contributed by atoms with E-state index in [1.807, 2.05) is 0 Å². The van der Waals surface area contributed by atoms with Crippen LogP contribution in [0.2, 0.25) is 0 Å². The van der Waals surface area contributed by atoms with Crippen molar-refractivity contribution in [2.24, 2.45) is 11.3 Å². The van der Waals surface area contributed by atoms with Crippen molar-refractivity contribution in [3.05, 3.63) is 28.8 Å². The Morgan fingerprint density at radius 2 is 1.95 bits per heavy atom. The molecule has 0 saturated heterocycles. The molecule has 1 aliphatic carbocycles. The van der Waals surface area contributed by atoms with Gasteiger partial charge in [0.15, 0.2) is 0 Å². The van der Waals surface area contributed by atoms with E-state index in [4.69, 9.17) is 4.74 Å². The van der Waals surface area contributed by atoms with Crippen LogP contribution in [0.25, 0.3) is 0 Å². The van der Waals surface area contributed by atoms with Crippen LogP contribution in [-0.4, -0.2) is 14.2 Å². The highest BCUT2D eigenvalue weighted by Gasteiger charge is 2.39. The van der Waals surface area contributed by atoms with Crippen LogP contribution in [0.1, 0.15) is 62.3 Å². The SMILES string of the molecule is CNC(c1c(C)cc(C)cc1OC)C1CCCCC1(C)C. The molecule has 0 heterocycles. The molecule has 1 saturated carbocycles. The van der Waals surface area contributed by atoms with Crippen molar-refractivity contribution < 1.29 is 4.74 Å². The second-order valence-corrected chi connectivity index (χ2v) is 7.30. The molecule has 1 N–H and O–H groups in total. The first-order valence-electron chi connectivity index (χ1n) is 8.23. The lowest BCUT2D eigenvalue weighted by Crippen LogP contribution is -2.38. The molecular weight excluding hydrogens is 258 g/mol. The Hall–Kier alpha value is -1.02. The van der Waals surface area contributed by atoms with E-state index in [1.54, 1.807) is 7.11 Å². The van der Waals surface area contributed by atoms with E-state index in [0.29, 0.717) is 17.4 Å². The number of aryl methyl sites for hydroxylation is 2. The van der Waals surface area contributed by atoms with Crippen LogP contribution in [0.4, 0.5) is 0 Å². The van der Waals surface area contributed by atoms with Gasteiger partial charge in [-0.25, -0.2) is 0 Å². The summed E-state index contributed by atoms with van der Waals surface area (Å²) in [5, 5.41) is 3.60. The zero-order valence-electron chi connectivity index (χ0n) is 14.5. The predicted molar refractivity (Wildman–Crippen MR) is 90.0 cm³/mol. The van der Waals surface area contributed by atoms with E-state index in [2.05, 4.69) is 52.2 Å². The molecule has 2 atom stereocenters. The van der Waals surface area contributed by atoms with Gasteiger partial charge in [-0.15, -0.1) is 0 Å². The molecule has 0 radical (unpaired) electrons. The minimum Gasteiger partial charge on any atom is -0.496 e. The van der Waals surface area contributed by atoms with Gasteiger partial charge in [0, 0.05) is 11.6 Å². The summed E-state index contributed by atoms with van der Waals surface area (Å²) in [6.45, 7) is 9.21. The van der Waals surface area contributed by atoms with Crippen molar-refractivity contribution in [2.45, 2.75) is 59.4 Å². The molecule has 1 aromatic carbocycles. The summed E-state index contributed by atoms with van der Waals surface area (Å²) < 4.78 is 5.71. The van der Waals surface area contributed by atoms with Crippen molar-refractivity contribution in [2.75, 3.05) is 14.2 Å². The molecular formula is C19H31NO. The Balaban J connectivity index is 2.46. The van der Waals surface area contributed by atoms with Gasteiger partial charge in [0.2, 0.25) is 0 Å². The van der Waals surface area contributed by atoms with Gasteiger partial charge in [0.1, 0.15) is 5.75 Å². The smallest absolute Gasteiger partial charge is 0.124 e. The molecule has 1 aromatic rings. The summed E-state index contributed by atoms with van der Waals surface area (Å²) in [4.78, 5) is 0. The van der Waals surface area contributed by atoms with E-state index in [1.165, 1.54) is 42.4 Å². The lowest BCUT2D eigenvalue weighted by atomic mass is 9.64. The third-order valence-electron chi connectivity index (χ3n) is 5.33. The molecule has 21 heavy (non-hydrogen) atoms. The lowest BCUT2D eigenvalue weighted by molar-refractivity contribution is 0.0999. The first-order valence-corrected chi connectivity index (χ1v) is 8.23. The largest absolute Gasteiger partial charge is 0.496 e. The van der Waals surface area contributed by atoms with Crippen LogP contribution in [0, 0.1) is 25.2 Å². The average Bonchev–Trinajstić information content (AvgIpc) is 2.42. The number of hydrogen-bond donors (Lipinski definition) is 1. The molecule has 2 nitrogen and oxygen atoms in total. The highest BCUT2D eigenvalue weighted by molar-refractivity contribution is 5.45. The summed E-state index contributed by atoms with van der Waals surface area (Å²) in [6.07, 6.45) is 5.33. The van der Waals surface area contributed by atoms with Crippen molar-refractivity contribution in [3.8, 4) is 5.75 Å². The average molecular weight is 289 g/mol. The zero-order valence-corrected chi connectivity index (χ0v) is 14.5. The minimum atomic E-state index is 0.371. The molecule has 0 bridgehead atoms. The van der Waals surface area contributed by atoms with E-state index >= 15 is 0 Å². The van der Waals surface area contributed by atoms with Gasteiger partial charge < -0.3 is 10.1 Å². The topological polar surface area (TPSA) is 21.3 Å². The number of rotatable bonds is 4. The molecule has 2 heteroatoms. The normalized spacial score (nSPS) is 22.9. The maximum atomic E-state index is 5.71. The number of nitrogens with one attached hydrogen (secondary N) is 1. The van der Waals surface area contributed by atoms with Gasteiger partial charge in [-0.1, -0.05) is 32.8 Å². The monoisotopic (exact) mass is 289 g/mol. The van der Waals surface area contributed by atoms with Crippen molar-refractivity contribution in [1.29, 1.82) is 0 Å². The fourth-order valence-corrected chi connectivity index (χ4v) is 4.19. The highest BCUT2D eigenvalue weighted by Crippen LogP contribution is 2.48. The van der Waals surface area contributed by atoms with Gasteiger partial charge in [0.05, 0.1) is 7.11 Å². The van der Waals surface area contributed by atoms with Gasteiger partial charge >= 0.3 is 0 Å². The zero-order chi connectivity index (χ0) is 15.6. The second kappa shape index (κ2) is 6.39. The standard InChI is InChI=1S/C19H31NO/c1-13-11-14(2)17(16(12-13)21-6)18(20-5)15-9-7-8-10-19(15,3)4/h11-12,15,18,20H,7-10H2,1-6H3. The summed E-state index contributed by atoms with van der Waals surface area (Å²) in [6, 6.07) is 4.82. The van der Waals surface area contributed by atoms with Gasteiger partial charge in [-0.05, 0) is 62.3 Å². The maximum Gasteiger partial charge on any atom is 0.124 e. The van der Waals surface area contributed by atoms with Gasteiger partial charge in [0.25, 0.3) is 0 Å². The fourth-order valence-electron chi connectivity index (χ4n) is 4.19. The van der Waals surface area contributed by atoms with Crippen LogP contribution in [0.3, 0.4) is 0 Å². The van der Waals surface area contributed by atoms with Crippen LogP contribution >= 0.6 is 0 Å². The Labute approximate surface area is 130 Å². The van der Waals surface area contributed by atoms with Gasteiger partial charge in [-0.2, -0.15) is 0 Å². The Bertz CT molecular complexity index is 493. The number of benzene rings is 1. The number of methoxy groups -OCH3 is 1. The Morgan fingerprint density at radius 3 is 2.52 bits per heavy atom. The molecule has 0 aliphatic heterocycles. The quantitative estimate of drug-likeness (QED) is 0.860. The number of ether oxygens (including phenoxy) is 1. The molecule has 1 aliphatic rings. The van der Waals surface area contributed by atoms with Crippen LogP contribution < -0.4 is 10.1 Å². The summed E-state index contributed by atoms with van der Waals surface area (Å²) >= 11 is 0. The number of hydrogen-bond acceptors (Lipinski definition) is 2. The van der Waals surface area contributed by atoms with E-state index in [9.17, 15) is 0 Å². The molecule has 1 fully saturated rings. The molecule has 0 amide bonds. The summed E-state index contributed by atoms with van der Waals surface area (Å²) in [5.41, 5.74) is 4.35. The van der Waals surface area contributed by atoms with Crippen LogP contribution in [0.15, 0.2) is 12.1 Å². The summed E-state index contributed by atoms with van der Waals surface area (Å²) in [5.74, 6) is 1.69. The van der Waals surface area contributed by atoms with Crippen LogP contribution in [0.5, 0.6) is 5.75 Å². The van der Waals surface area contributed by atoms with E-state index < -0.39 is 0 Å². The van der Waals surface area contributed by atoms with E-state index in [-0.39, 0.29) is 0 Å². The third kappa shape index (κ3) is 3.26. The van der Waals surface area contributed by atoms with Crippen molar-refractivity contribution >= 4 is 0 Å². The highest BCUT2D eigenvalue weighted by atomic mass is 16.5. The molecule has 0 aromatic heterocycles. The minimum absolute atomic E-state index is 0.371. The molecule has 2 rings (SSSR count). The molecule has 2 unspecified atom stereocenters. The first kappa shape index (κ1) is 16.4. The van der Waals surface area contributed by atoms with Crippen LogP contribution in [-0.2, 0) is 0 Å². The fraction of sp³-hybridized carbons (Fsp3) is 0.684. The van der Waals surface area contributed by atoms with E-state index in [0.717, 1.165) is 5.75 Å². The first-order chi connectivity index (χ1) is 9.90. The summed E-state index contributed by atoms with van der Waals surface area (Å²) in [7, 11) is 3.88. The predicted octanol–water partition coefficient (Wildman–Crippen LogP) is 4.79. The molecule has 0 spiro atoms.